The molecule has 1 aliphatic rings. The van der Waals surface area contributed by atoms with Crippen LogP contribution in [0.2, 0.25) is 0 Å². The minimum absolute atomic E-state index is 0.141. The van der Waals surface area contributed by atoms with E-state index in [-0.39, 0.29) is 36.4 Å². The summed E-state index contributed by atoms with van der Waals surface area (Å²) in [6, 6.07) is 14.3. The molecule has 5 rings (SSSR count). The van der Waals surface area contributed by atoms with Crippen molar-refractivity contribution in [3.05, 3.63) is 71.8 Å². The summed E-state index contributed by atoms with van der Waals surface area (Å²) in [7, 11) is 0. The molecule has 2 N–H and O–H groups in total. The summed E-state index contributed by atoms with van der Waals surface area (Å²) < 4.78 is 27.0. The van der Waals surface area contributed by atoms with Crippen LogP contribution in [0, 0.1) is 17.6 Å². The Balaban J connectivity index is 1.19. The van der Waals surface area contributed by atoms with E-state index in [9.17, 15) is 18.4 Å². The molecule has 0 aliphatic carbocycles. The maximum atomic E-state index is 13.9. The number of likely N-dealkylation sites (tertiary alicyclic amines) is 1. The maximum absolute atomic E-state index is 13.9. The van der Waals surface area contributed by atoms with E-state index >= 15 is 0 Å². The molecule has 0 spiro atoms. The van der Waals surface area contributed by atoms with E-state index in [0.29, 0.717) is 30.4 Å². The van der Waals surface area contributed by atoms with Gasteiger partial charge in [0.05, 0.1) is 11.1 Å². The minimum atomic E-state index is -0.897. The molecule has 0 atom stereocenters. The van der Waals surface area contributed by atoms with Crippen LogP contribution < -0.4 is 5.32 Å². The fraction of sp³-hybridized carbons (Fsp3) is 0.208. The molecule has 1 aliphatic heterocycles. The number of H-pyrrole nitrogens is 1. The molecule has 0 radical (unpaired) electrons. The molecule has 2 amide bonds. The molecule has 172 valence electrons. The second-order valence-corrected chi connectivity index (χ2v) is 8.08. The SMILES string of the molecule is O=C(Nc1n[nH]c(-c2ccc3ccccc3n2)n1)C1CCN(C(=O)c2ccc(F)cc2F)CC1. The average Bonchev–Trinajstić information content (AvgIpc) is 3.32. The molecular formula is C24H20F2N6O2. The summed E-state index contributed by atoms with van der Waals surface area (Å²) in [5.74, 6) is -2.18. The Morgan fingerprint density at radius 2 is 1.79 bits per heavy atom. The van der Waals surface area contributed by atoms with Gasteiger partial charge < -0.3 is 4.90 Å². The highest BCUT2D eigenvalue weighted by Crippen LogP contribution is 2.23. The van der Waals surface area contributed by atoms with Crippen LogP contribution in [-0.2, 0) is 4.79 Å². The number of halogens is 2. The smallest absolute Gasteiger partial charge is 0.256 e. The summed E-state index contributed by atoms with van der Waals surface area (Å²) in [4.78, 5) is 35.6. The second-order valence-electron chi connectivity index (χ2n) is 8.08. The number of para-hydroxylation sites is 1. The molecular weight excluding hydrogens is 442 g/mol. The number of fused-ring (bicyclic) bond motifs is 1. The molecule has 1 saturated heterocycles. The quantitative estimate of drug-likeness (QED) is 0.480. The van der Waals surface area contributed by atoms with Crippen LogP contribution in [0.4, 0.5) is 14.7 Å². The van der Waals surface area contributed by atoms with E-state index in [0.717, 1.165) is 23.0 Å². The molecule has 0 unspecified atom stereocenters. The summed E-state index contributed by atoms with van der Waals surface area (Å²) in [6.07, 6.45) is 0.813. The lowest BCUT2D eigenvalue weighted by Gasteiger charge is -2.31. The van der Waals surface area contributed by atoms with Crippen LogP contribution in [0.15, 0.2) is 54.6 Å². The topological polar surface area (TPSA) is 104 Å². The first kappa shape index (κ1) is 21.6. The van der Waals surface area contributed by atoms with Crippen molar-refractivity contribution in [1.29, 1.82) is 0 Å². The monoisotopic (exact) mass is 462 g/mol. The van der Waals surface area contributed by atoms with E-state index in [1.54, 1.807) is 0 Å². The van der Waals surface area contributed by atoms with Gasteiger partial charge in [-0.3, -0.25) is 20.0 Å². The number of aromatic amines is 1. The number of anilines is 1. The fourth-order valence-corrected chi connectivity index (χ4v) is 4.02. The van der Waals surface area contributed by atoms with Gasteiger partial charge in [0.2, 0.25) is 11.9 Å². The first-order valence-corrected chi connectivity index (χ1v) is 10.8. The van der Waals surface area contributed by atoms with Crippen molar-refractivity contribution in [2.75, 3.05) is 18.4 Å². The summed E-state index contributed by atoms with van der Waals surface area (Å²) in [6.45, 7) is 0.571. The van der Waals surface area contributed by atoms with Crippen molar-refractivity contribution >= 4 is 28.7 Å². The van der Waals surface area contributed by atoms with Gasteiger partial charge in [-0.2, -0.15) is 4.98 Å². The maximum Gasteiger partial charge on any atom is 0.256 e. The van der Waals surface area contributed by atoms with Crippen LogP contribution in [0.5, 0.6) is 0 Å². The van der Waals surface area contributed by atoms with Crippen LogP contribution in [0.25, 0.3) is 22.4 Å². The van der Waals surface area contributed by atoms with E-state index in [4.69, 9.17) is 0 Å². The second kappa shape index (κ2) is 8.97. The minimum Gasteiger partial charge on any atom is -0.339 e. The largest absolute Gasteiger partial charge is 0.339 e. The molecule has 3 heterocycles. The standard InChI is InChI=1S/C24H20F2N6O2/c25-16-6-7-17(18(26)13-16)23(34)32-11-9-15(10-12-32)22(33)29-24-28-21(30-31-24)20-8-5-14-3-1-2-4-19(14)27-20/h1-8,13,15H,9-12H2,(H2,28,29,30,31,33). The highest BCUT2D eigenvalue weighted by Gasteiger charge is 2.29. The molecule has 2 aromatic carbocycles. The van der Waals surface area contributed by atoms with Gasteiger partial charge in [0, 0.05) is 30.5 Å². The van der Waals surface area contributed by atoms with E-state index in [1.807, 2.05) is 36.4 Å². The lowest BCUT2D eigenvalue weighted by Crippen LogP contribution is -2.41. The molecule has 0 bridgehead atoms. The number of pyridine rings is 1. The van der Waals surface area contributed by atoms with Gasteiger partial charge in [0.15, 0.2) is 5.82 Å². The Kier molecular flexibility index (Phi) is 5.70. The third-order valence-electron chi connectivity index (χ3n) is 5.88. The lowest BCUT2D eigenvalue weighted by molar-refractivity contribution is -0.121. The van der Waals surface area contributed by atoms with Crippen molar-refractivity contribution in [2.45, 2.75) is 12.8 Å². The number of rotatable bonds is 4. The third-order valence-corrected chi connectivity index (χ3v) is 5.88. The number of carbonyl (C=O) groups is 2. The number of aromatic nitrogens is 4. The van der Waals surface area contributed by atoms with Gasteiger partial charge in [0.1, 0.15) is 17.3 Å². The van der Waals surface area contributed by atoms with Gasteiger partial charge in [0.25, 0.3) is 5.91 Å². The average molecular weight is 462 g/mol. The lowest BCUT2D eigenvalue weighted by atomic mass is 9.95. The molecule has 0 saturated carbocycles. The normalized spacial score (nSPS) is 14.4. The zero-order chi connectivity index (χ0) is 23.7. The third kappa shape index (κ3) is 4.34. The zero-order valence-corrected chi connectivity index (χ0v) is 18.0. The molecule has 10 heteroatoms. The molecule has 2 aromatic heterocycles. The first-order valence-electron chi connectivity index (χ1n) is 10.8. The van der Waals surface area contributed by atoms with Crippen molar-refractivity contribution in [2.24, 2.45) is 5.92 Å². The number of nitrogens with zero attached hydrogens (tertiary/aromatic N) is 4. The number of nitrogens with one attached hydrogen (secondary N) is 2. The van der Waals surface area contributed by atoms with Crippen molar-refractivity contribution in [1.82, 2.24) is 25.1 Å². The van der Waals surface area contributed by atoms with E-state index in [1.165, 1.54) is 4.90 Å². The Morgan fingerprint density at radius 3 is 2.59 bits per heavy atom. The van der Waals surface area contributed by atoms with Crippen molar-refractivity contribution < 1.29 is 18.4 Å². The highest BCUT2D eigenvalue weighted by molar-refractivity contribution is 5.95. The van der Waals surface area contributed by atoms with Gasteiger partial charge in [-0.1, -0.05) is 24.3 Å². The van der Waals surface area contributed by atoms with Gasteiger partial charge in [-0.15, -0.1) is 5.10 Å². The first-order chi connectivity index (χ1) is 16.5. The van der Waals surface area contributed by atoms with Crippen LogP contribution in [0.3, 0.4) is 0 Å². The number of piperidine rings is 1. The van der Waals surface area contributed by atoms with E-state index in [2.05, 4.69) is 25.5 Å². The summed E-state index contributed by atoms with van der Waals surface area (Å²) >= 11 is 0. The van der Waals surface area contributed by atoms with Crippen molar-refractivity contribution in [3.63, 3.8) is 0 Å². The van der Waals surface area contributed by atoms with Gasteiger partial charge >= 0.3 is 0 Å². The number of hydrogen-bond acceptors (Lipinski definition) is 5. The highest BCUT2D eigenvalue weighted by atomic mass is 19.1. The Labute approximate surface area is 193 Å². The Bertz CT molecular complexity index is 1380. The van der Waals surface area contributed by atoms with Crippen molar-refractivity contribution in [3.8, 4) is 11.5 Å². The van der Waals surface area contributed by atoms with Crippen LogP contribution in [-0.4, -0.2) is 50.0 Å². The van der Waals surface area contributed by atoms with Crippen LogP contribution >= 0.6 is 0 Å². The molecule has 34 heavy (non-hydrogen) atoms. The predicted octanol–water partition coefficient (Wildman–Crippen LogP) is 3.79. The Morgan fingerprint density at radius 1 is 1.00 bits per heavy atom. The van der Waals surface area contributed by atoms with Gasteiger partial charge in [-0.25, -0.2) is 13.8 Å². The molecule has 4 aromatic rings. The summed E-state index contributed by atoms with van der Waals surface area (Å²) in [5, 5.41) is 10.6. The number of benzene rings is 2. The van der Waals surface area contributed by atoms with Gasteiger partial charge in [-0.05, 0) is 37.1 Å². The number of hydrogen-bond donors (Lipinski definition) is 2. The number of amides is 2. The fourth-order valence-electron chi connectivity index (χ4n) is 4.02. The van der Waals surface area contributed by atoms with Crippen LogP contribution in [0.1, 0.15) is 23.2 Å². The Hall–Kier alpha value is -4.21. The zero-order valence-electron chi connectivity index (χ0n) is 18.0. The number of carbonyl (C=O) groups excluding carboxylic acids is 2. The molecule has 1 fully saturated rings. The van der Waals surface area contributed by atoms with E-state index < -0.39 is 17.5 Å². The predicted molar refractivity (Wildman–Crippen MR) is 121 cm³/mol. The summed E-state index contributed by atoms with van der Waals surface area (Å²) in [5.41, 5.74) is 1.25. The molecule has 8 nitrogen and oxygen atoms in total.